The highest BCUT2D eigenvalue weighted by Gasteiger charge is 2.11. The molecule has 0 aliphatic heterocycles. The van der Waals surface area contributed by atoms with Crippen LogP contribution in [0.25, 0.3) is 0 Å². The van der Waals surface area contributed by atoms with Crippen LogP contribution in [0, 0.1) is 0 Å². The Morgan fingerprint density at radius 2 is 1.35 bits per heavy atom. The molecular formula is C10H16O6S. The first-order chi connectivity index (χ1) is 8.17. The Labute approximate surface area is 103 Å². The monoisotopic (exact) mass is 264 g/mol. The minimum absolute atomic E-state index is 0.0356. The predicted molar refractivity (Wildman–Crippen MR) is 61.5 cm³/mol. The van der Waals surface area contributed by atoms with Crippen LogP contribution in [0.2, 0.25) is 0 Å². The molecule has 0 bridgehead atoms. The van der Waals surface area contributed by atoms with E-state index in [1.165, 1.54) is 11.3 Å². The Kier molecular flexibility index (Phi) is 6.23. The van der Waals surface area contributed by atoms with Gasteiger partial charge in [0, 0.05) is 10.8 Å². The number of aliphatic hydroxyl groups is 4. The molecule has 98 valence electrons. The fourth-order valence-electron chi connectivity index (χ4n) is 0.961. The molecule has 0 radical (unpaired) electrons. The zero-order chi connectivity index (χ0) is 12.7. The zero-order valence-electron chi connectivity index (χ0n) is 9.15. The van der Waals surface area contributed by atoms with Crippen molar-refractivity contribution >= 4 is 11.3 Å². The molecule has 0 aromatic carbocycles. The summed E-state index contributed by atoms with van der Waals surface area (Å²) >= 11 is 1.35. The SMILES string of the molecule is OCC(O)COc1cscc1OCC(O)CO. The van der Waals surface area contributed by atoms with Crippen molar-refractivity contribution < 1.29 is 29.9 Å². The smallest absolute Gasteiger partial charge is 0.172 e. The lowest BCUT2D eigenvalue weighted by Gasteiger charge is -2.12. The third-order valence-electron chi connectivity index (χ3n) is 1.88. The Hall–Kier alpha value is -0.860. The quantitative estimate of drug-likeness (QED) is 0.491. The molecule has 0 saturated carbocycles. The Morgan fingerprint density at radius 3 is 1.71 bits per heavy atom. The van der Waals surface area contributed by atoms with Crippen LogP contribution in [-0.4, -0.2) is 59.1 Å². The van der Waals surface area contributed by atoms with Gasteiger partial charge in [-0.05, 0) is 0 Å². The van der Waals surface area contributed by atoms with Crippen LogP contribution in [0.15, 0.2) is 10.8 Å². The third-order valence-corrected chi connectivity index (χ3v) is 2.58. The van der Waals surface area contributed by atoms with E-state index in [9.17, 15) is 0 Å². The number of ether oxygens (including phenoxy) is 2. The Balaban J connectivity index is 2.42. The van der Waals surface area contributed by atoms with Gasteiger partial charge >= 0.3 is 0 Å². The Bertz CT molecular complexity index is 287. The topological polar surface area (TPSA) is 99.4 Å². The molecule has 0 saturated heterocycles. The van der Waals surface area contributed by atoms with Crippen LogP contribution in [0.3, 0.4) is 0 Å². The van der Waals surface area contributed by atoms with Gasteiger partial charge in [-0.2, -0.15) is 0 Å². The van der Waals surface area contributed by atoms with Gasteiger partial charge in [-0.15, -0.1) is 11.3 Å². The number of hydrogen-bond donors (Lipinski definition) is 4. The normalized spacial score (nSPS) is 14.4. The van der Waals surface area contributed by atoms with Crippen LogP contribution >= 0.6 is 11.3 Å². The van der Waals surface area contributed by atoms with E-state index < -0.39 is 12.2 Å². The molecule has 1 heterocycles. The average molecular weight is 264 g/mol. The number of aliphatic hydroxyl groups excluding tert-OH is 4. The van der Waals surface area contributed by atoms with Crippen LogP contribution in [0.4, 0.5) is 0 Å². The van der Waals surface area contributed by atoms with Gasteiger partial charge in [0.15, 0.2) is 11.5 Å². The summed E-state index contributed by atoms with van der Waals surface area (Å²) in [6.07, 6.45) is -1.88. The van der Waals surface area contributed by atoms with Gasteiger partial charge in [-0.1, -0.05) is 0 Å². The van der Waals surface area contributed by atoms with Gasteiger partial charge in [0.1, 0.15) is 25.4 Å². The predicted octanol–water partition coefficient (Wildman–Crippen LogP) is -0.788. The highest BCUT2D eigenvalue weighted by atomic mass is 32.1. The summed E-state index contributed by atoms with van der Waals surface area (Å²) in [7, 11) is 0. The van der Waals surface area contributed by atoms with Gasteiger partial charge in [0.2, 0.25) is 0 Å². The molecule has 1 rings (SSSR count). The van der Waals surface area contributed by atoms with Crippen molar-refractivity contribution in [2.75, 3.05) is 26.4 Å². The van der Waals surface area contributed by atoms with E-state index in [1.807, 2.05) is 0 Å². The highest BCUT2D eigenvalue weighted by Crippen LogP contribution is 2.31. The van der Waals surface area contributed by atoms with Crippen LogP contribution < -0.4 is 9.47 Å². The van der Waals surface area contributed by atoms with E-state index in [2.05, 4.69) is 0 Å². The molecule has 0 amide bonds. The van der Waals surface area contributed by atoms with Crippen molar-refractivity contribution in [1.29, 1.82) is 0 Å². The minimum atomic E-state index is -0.939. The van der Waals surface area contributed by atoms with E-state index in [0.29, 0.717) is 11.5 Å². The van der Waals surface area contributed by atoms with Crippen molar-refractivity contribution in [2.45, 2.75) is 12.2 Å². The summed E-state index contributed by atoms with van der Waals surface area (Å²) < 4.78 is 10.5. The fourth-order valence-corrected chi connectivity index (χ4v) is 1.65. The molecule has 4 N–H and O–H groups in total. The second-order valence-corrected chi connectivity index (χ2v) is 4.14. The summed E-state index contributed by atoms with van der Waals surface area (Å²) in [5.41, 5.74) is 0. The van der Waals surface area contributed by atoms with Crippen LogP contribution in [0.1, 0.15) is 0 Å². The first kappa shape index (κ1) is 14.2. The molecule has 2 unspecified atom stereocenters. The number of hydrogen-bond acceptors (Lipinski definition) is 7. The van der Waals surface area contributed by atoms with E-state index >= 15 is 0 Å². The van der Waals surface area contributed by atoms with Gasteiger partial charge in [-0.3, -0.25) is 0 Å². The summed E-state index contributed by atoms with van der Waals surface area (Å²) in [4.78, 5) is 0. The maximum atomic E-state index is 9.12. The van der Waals surface area contributed by atoms with E-state index in [-0.39, 0.29) is 26.4 Å². The molecule has 0 spiro atoms. The second kappa shape index (κ2) is 7.46. The summed E-state index contributed by atoms with van der Waals surface area (Å²) in [5.74, 6) is 0.875. The molecule has 1 aromatic rings. The molecular weight excluding hydrogens is 248 g/mol. The summed E-state index contributed by atoms with van der Waals surface area (Å²) in [5, 5.41) is 38.8. The lowest BCUT2D eigenvalue weighted by molar-refractivity contribution is 0.0451. The fraction of sp³-hybridized carbons (Fsp3) is 0.600. The molecule has 17 heavy (non-hydrogen) atoms. The molecule has 7 heteroatoms. The number of thiophene rings is 1. The lowest BCUT2D eigenvalue weighted by atomic mass is 10.4. The maximum Gasteiger partial charge on any atom is 0.172 e. The van der Waals surface area contributed by atoms with Crippen molar-refractivity contribution in [3.8, 4) is 11.5 Å². The van der Waals surface area contributed by atoms with Crippen molar-refractivity contribution in [3.05, 3.63) is 10.8 Å². The van der Waals surface area contributed by atoms with E-state index in [4.69, 9.17) is 29.9 Å². The standard InChI is InChI=1S/C10H16O6S/c11-1-7(13)3-15-9-5-17-6-10(9)16-4-8(14)2-12/h5-8,11-14H,1-4H2. The molecule has 0 aliphatic carbocycles. The molecule has 6 nitrogen and oxygen atoms in total. The maximum absolute atomic E-state index is 9.12. The van der Waals surface area contributed by atoms with E-state index in [0.717, 1.165) is 0 Å². The van der Waals surface area contributed by atoms with Gasteiger partial charge in [0.25, 0.3) is 0 Å². The van der Waals surface area contributed by atoms with Gasteiger partial charge < -0.3 is 29.9 Å². The summed E-state index contributed by atoms with van der Waals surface area (Å²) in [6, 6.07) is 0. The van der Waals surface area contributed by atoms with Crippen LogP contribution in [0.5, 0.6) is 11.5 Å². The van der Waals surface area contributed by atoms with Gasteiger partial charge in [0.05, 0.1) is 13.2 Å². The van der Waals surface area contributed by atoms with Gasteiger partial charge in [-0.25, -0.2) is 0 Å². The number of rotatable bonds is 8. The third kappa shape index (κ3) is 4.88. The van der Waals surface area contributed by atoms with Crippen molar-refractivity contribution in [3.63, 3.8) is 0 Å². The first-order valence-electron chi connectivity index (χ1n) is 5.07. The largest absolute Gasteiger partial charge is 0.486 e. The highest BCUT2D eigenvalue weighted by molar-refractivity contribution is 7.08. The lowest BCUT2D eigenvalue weighted by Crippen LogP contribution is -2.22. The summed E-state index contributed by atoms with van der Waals surface area (Å²) in [6.45, 7) is -0.814. The van der Waals surface area contributed by atoms with Crippen LogP contribution in [-0.2, 0) is 0 Å². The van der Waals surface area contributed by atoms with E-state index in [1.54, 1.807) is 10.8 Å². The minimum Gasteiger partial charge on any atom is -0.486 e. The van der Waals surface area contributed by atoms with Crippen molar-refractivity contribution in [1.82, 2.24) is 0 Å². The Morgan fingerprint density at radius 1 is 0.941 bits per heavy atom. The molecule has 2 atom stereocenters. The molecule has 0 aliphatic rings. The average Bonchev–Trinajstić information content (AvgIpc) is 2.80. The zero-order valence-corrected chi connectivity index (χ0v) is 9.97. The molecule has 0 fully saturated rings. The van der Waals surface area contributed by atoms with Crippen molar-refractivity contribution in [2.24, 2.45) is 0 Å². The second-order valence-electron chi connectivity index (χ2n) is 3.40. The first-order valence-corrected chi connectivity index (χ1v) is 6.01. The molecule has 1 aromatic heterocycles.